The fraction of sp³-hybridized carbons (Fsp3) is 0.611. The molecule has 6 nitrogen and oxygen atoms in total. The van der Waals surface area contributed by atoms with Crippen LogP contribution in [-0.2, 0) is 9.53 Å². The summed E-state index contributed by atoms with van der Waals surface area (Å²) in [5.41, 5.74) is 0.334. The van der Waals surface area contributed by atoms with Gasteiger partial charge < -0.3 is 14.5 Å². The van der Waals surface area contributed by atoms with Crippen LogP contribution < -0.4 is 0 Å². The summed E-state index contributed by atoms with van der Waals surface area (Å²) in [5.74, 6) is 0.293. The van der Waals surface area contributed by atoms with Crippen LogP contribution in [0.4, 0.5) is 0 Å². The van der Waals surface area contributed by atoms with E-state index in [1.807, 2.05) is 9.80 Å². The Morgan fingerprint density at radius 2 is 2.29 bits per heavy atom. The molecule has 0 radical (unpaired) electrons. The van der Waals surface area contributed by atoms with Crippen molar-refractivity contribution in [2.24, 2.45) is 0 Å². The topological polar surface area (TPSA) is 62.7 Å². The number of amides is 2. The summed E-state index contributed by atoms with van der Waals surface area (Å²) in [6, 6.07) is 3.85. The summed E-state index contributed by atoms with van der Waals surface area (Å²) < 4.78 is 6.12. The van der Waals surface area contributed by atoms with Crippen molar-refractivity contribution in [1.29, 1.82) is 0 Å². The van der Waals surface area contributed by atoms with Gasteiger partial charge in [-0.05, 0) is 37.8 Å². The first-order valence-electron chi connectivity index (χ1n) is 8.80. The molecule has 6 heteroatoms. The van der Waals surface area contributed by atoms with Crippen molar-refractivity contribution < 1.29 is 14.3 Å². The first kappa shape index (κ1) is 15.6. The lowest BCUT2D eigenvalue weighted by Crippen LogP contribution is -2.50. The second-order valence-electron chi connectivity index (χ2n) is 7.09. The van der Waals surface area contributed by atoms with Crippen LogP contribution in [0.3, 0.4) is 0 Å². The van der Waals surface area contributed by atoms with Crippen molar-refractivity contribution in [2.75, 3.05) is 26.2 Å². The van der Waals surface area contributed by atoms with Gasteiger partial charge in [-0.25, -0.2) is 0 Å². The average Bonchev–Trinajstić information content (AvgIpc) is 3.22. The molecule has 3 aliphatic heterocycles. The molecule has 24 heavy (non-hydrogen) atoms. The number of nitrogens with zero attached hydrogens (tertiary/aromatic N) is 3. The Morgan fingerprint density at radius 3 is 3.04 bits per heavy atom. The molecule has 3 aliphatic rings. The first-order valence-corrected chi connectivity index (χ1v) is 8.80. The Hall–Kier alpha value is -1.95. The molecule has 3 fully saturated rings. The number of carbonyl (C=O) groups excluding carboxylic acids is 2. The highest BCUT2D eigenvalue weighted by Gasteiger charge is 2.46. The smallest absolute Gasteiger partial charge is 0.255 e. The van der Waals surface area contributed by atoms with Gasteiger partial charge in [-0.3, -0.25) is 14.6 Å². The minimum absolute atomic E-state index is 0.0166. The molecule has 1 spiro atoms. The Kier molecular flexibility index (Phi) is 4.00. The minimum Gasteiger partial charge on any atom is -0.373 e. The van der Waals surface area contributed by atoms with E-state index in [0.717, 1.165) is 32.2 Å². The quantitative estimate of drug-likeness (QED) is 0.824. The van der Waals surface area contributed by atoms with E-state index in [4.69, 9.17) is 4.74 Å². The van der Waals surface area contributed by atoms with E-state index in [2.05, 4.69) is 4.98 Å². The molecule has 0 aliphatic carbocycles. The maximum Gasteiger partial charge on any atom is 0.255 e. The number of hydrogen-bond donors (Lipinski definition) is 0. The Morgan fingerprint density at radius 1 is 1.38 bits per heavy atom. The van der Waals surface area contributed by atoms with Crippen LogP contribution >= 0.6 is 0 Å². The molecular weight excluding hydrogens is 306 g/mol. The molecule has 4 heterocycles. The van der Waals surface area contributed by atoms with Gasteiger partial charge in [-0.2, -0.15) is 0 Å². The molecule has 4 rings (SSSR count). The largest absolute Gasteiger partial charge is 0.373 e. The summed E-state index contributed by atoms with van der Waals surface area (Å²) in [6.45, 7) is 2.86. The predicted octanol–water partition coefficient (Wildman–Crippen LogP) is 1.47. The van der Waals surface area contributed by atoms with Gasteiger partial charge in [0, 0.05) is 44.6 Å². The van der Waals surface area contributed by atoms with Gasteiger partial charge in [0.15, 0.2) is 0 Å². The molecule has 1 aromatic rings. The van der Waals surface area contributed by atoms with Crippen LogP contribution in [0.15, 0.2) is 24.5 Å². The van der Waals surface area contributed by atoms with Gasteiger partial charge in [0.2, 0.25) is 5.91 Å². The van der Waals surface area contributed by atoms with Crippen molar-refractivity contribution >= 4 is 11.8 Å². The number of ether oxygens (including phenoxy) is 1. The SMILES string of the molecule is O=C(c1cccnc1)N1CC[C@]2(C[C@H](N3CCCC3=O)CCO2)C1. The van der Waals surface area contributed by atoms with Gasteiger partial charge in [-0.15, -0.1) is 0 Å². The highest BCUT2D eigenvalue weighted by Crippen LogP contribution is 2.37. The van der Waals surface area contributed by atoms with Crippen LogP contribution in [0.25, 0.3) is 0 Å². The second-order valence-corrected chi connectivity index (χ2v) is 7.09. The number of rotatable bonds is 2. The van der Waals surface area contributed by atoms with Gasteiger partial charge >= 0.3 is 0 Å². The summed E-state index contributed by atoms with van der Waals surface area (Å²) >= 11 is 0. The molecule has 0 aromatic carbocycles. The van der Waals surface area contributed by atoms with Crippen LogP contribution in [0.1, 0.15) is 42.5 Å². The molecule has 0 bridgehead atoms. The summed E-state index contributed by atoms with van der Waals surface area (Å²) in [5, 5.41) is 0. The number of aromatic nitrogens is 1. The van der Waals surface area contributed by atoms with Gasteiger partial charge in [0.05, 0.1) is 17.7 Å². The lowest BCUT2D eigenvalue weighted by Gasteiger charge is -2.41. The van der Waals surface area contributed by atoms with Gasteiger partial charge in [0.1, 0.15) is 0 Å². The van der Waals surface area contributed by atoms with E-state index in [0.29, 0.717) is 31.7 Å². The predicted molar refractivity (Wildman–Crippen MR) is 87.4 cm³/mol. The van der Waals surface area contributed by atoms with Crippen LogP contribution in [0.2, 0.25) is 0 Å². The Balaban J connectivity index is 1.45. The number of likely N-dealkylation sites (tertiary alicyclic amines) is 2. The third-order valence-corrected chi connectivity index (χ3v) is 5.53. The van der Waals surface area contributed by atoms with Crippen molar-refractivity contribution in [1.82, 2.24) is 14.8 Å². The summed E-state index contributed by atoms with van der Waals surface area (Å²) in [7, 11) is 0. The first-order chi connectivity index (χ1) is 11.7. The standard InChI is InChI=1S/C18H23N3O3/c22-16-4-2-8-21(16)15-5-10-24-18(11-15)6-9-20(13-18)17(23)14-3-1-7-19-12-14/h1,3,7,12,15H,2,4-6,8-11,13H2/t15-,18+/m1/s1. The molecule has 3 saturated heterocycles. The van der Waals surface area contributed by atoms with Crippen molar-refractivity contribution in [2.45, 2.75) is 43.7 Å². The molecular formula is C18H23N3O3. The lowest BCUT2D eigenvalue weighted by atomic mass is 9.89. The molecule has 0 unspecified atom stereocenters. The van der Waals surface area contributed by atoms with Crippen LogP contribution in [0, 0.1) is 0 Å². The van der Waals surface area contributed by atoms with E-state index in [9.17, 15) is 9.59 Å². The number of hydrogen-bond acceptors (Lipinski definition) is 4. The van der Waals surface area contributed by atoms with E-state index in [-0.39, 0.29) is 23.5 Å². The summed E-state index contributed by atoms with van der Waals surface area (Å²) in [6.07, 6.45) is 7.52. The lowest BCUT2D eigenvalue weighted by molar-refractivity contribution is -0.137. The molecule has 1 aromatic heterocycles. The highest BCUT2D eigenvalue weighted by atomic mass is 16.5. The van der Waals surface area contributed by atoms with Crippen molar-refractivity contribution in [3.8, 4) is 0 Å². The molecule has 128 valence electrons. The third-order valence-electron chi connectivity index (χ3n) is 5.53. The van der Waals surface area contributed by atoms with Gasteiger partial charge in [0.25, 0.3) is 5.91 Å². The fourth-order valence-corrected chi connectivity index (χ4v) is 4.30. The van der Waals surface area contributed by atoms with E-state index < -0.39 is 0 Å². The van der Waals surface area contributed by atoms with Crippen molar-refractivity contribution in [3.63, 3.8) is 0 Å². The highest BCUT2D eigenvalue weighted by molar-refractivity contribution is 5.94. The number of carbonyl (C=O) groups is 2. The van der Waals surface area contributed by atoms with Gasteiger partial charge in [-0.1, -0.05) is 0 Å². The summed E-state index contributed by atoms with van der Waals surface area (Å²) in [4.78, 5) is 32.6. The molecule has 2 atom stereocenters. The second kappa shape index (κ2) is 6.16. The van der Waals surface area contributed by atoms with E-state index in [1.54, 1.807) is 24.5 Å². The molecule has 0 saturated carbocycles. The van der Waals surface area contributed by atoms with Crippen molar-refractivity contribution in [3.05, 3.63) is 30.1 Å². The molecule has 0 N–H and O–H groups in total. The van der Waals surface area contributed by atoms with Crippen LogP contribution in [-0.4, -0.2) is 64.5 Å². The zero-order chi connectivity index (χ0) is 16.6. The maximum atomic E-state index is 12.6. The third kappa shape index (κ3) is 2.79. The average molecular weight is 329 g/mol. The van der Waals surface area contributed by atoms with E-state index in [1.165, 1.54) is 0 Å². The molecule has 2 amide bonds. The zero-order valence-electron chi connectivity index (χ0n) is 13.8. The normalized spacial score (nSPS) is 30.3. The Bertz CT molecular complexity index is 636. The monoisotopic (exact) mass is 329 g/mol. The fourth-order valence-electron chi connectivity index (χ4n) is 4.30. The van der Waals surface area contributed by atoms with Crippen LogP contribution in [0.5, 0.6) is 0 Å². The number of pyridine rings is 1. The zero-order valence-corrected chi connectivity index (χ0v) is 13.8. The minimum atomic E-state index is -0.288. The van der Waals surface area contributed by atoms with E-state index >= 15 is 0 Å². The maximum absolute atomic E-state index is 12.6. The Labute approximate surface area is 141 Å².